The molecule has 7 heteroatoms. The van der Waals surface area contributed by atoms with Crippen molar-refractivity contribution in [1.29, 1.82) is 0 Å². The van der Waals surface area contributed by atoms with Crippen LogP contribution in [0.4, 0.5) is 16.2 Å². The standard InChI is InChI=1S/C13H14N4O3/c1-20-8-12(18)15-10-3-2-4-11(7-10)16-13(19)17-6-5-14-9-17/h2-7,9H,8H2,1H3,(H,15,18)(H,16,19). The first-order valence-corrected chi connectivity index (χ1v) is 5.87. The van der Waals surface area contributed by atoms with Crippen molar-refractivity contribution in [2.45, 2.75) is 0 Å². The van der Waals surface area contributed by atoms with Gasteiger partial charge in [-0.3, -0.25) is 9.36 Å². The number of ether oxygens (including phenoxy) is 1. The van der Waals surface area contributed by atoms with Gasteiger partial charge in [0, 0.05) is 30.9 Å². The predicted molar refractivity (Wildman–Crippen MR) is 73.6 cm³/mol. The van der Waals surface area contributed by atoms with Crippen molar-refractivity contribution >= 4 is 23.3 Å². The Hall–Kier alpha value is -2.67. The predicted octanol–water partition coefficient (Wildman–Crippen LogP) is 1.55. The molecular weight excluding hydrogens is 260 g/mol. The van der Waals surface area contributed by atoms with E-state index in [4.69, 9.17) is 4.74 Å². The minimum Gasteiger partial charge on any atom is -0.375 e. The van der Waals surface area contributed by atoms with Crippen molar-refractivity contribution < 1.29 is 14.3 Å². The van der Waals surface area contributed by atoms with Crippen LogP contribution >= 0.6 is 0 Å². The molecule has 104 valence electrons. The highest BCUT2D eigenvalue weighted by Crippen LogP contribution is 2.15. The Morgan fingerprint density at radius 1 is 1.30 bits per heavy atom. The number of anilines is 2. The van der Waals surface area contributed by atoms with Gasteiger partial charge in [-0.2, -0.15) is 0 Å². The van der Waals surface area contributed by atoms with Crippen molar-refractivity contribution in [3.8, 4) is 0 Å². The molecule has 2 aromatic rings. The molecule has 0 aliphatic rings. The highest BCUT2D eigenvalue weighted by Gasteiger charge is 2.06. The van der Waals surface area contributed by atoms with Crippen LogP contribution in [-0.2, 0) is 9.53 Å². The number of rotatable bonds is 4. The average Bonchev–Trinajstić information content (AvgIpc) is 2.93. The molecule has 1 aromatic heterocycles. The largest absolute Gasteiger partial charge is 0.375 e. The number of aromatic nitrogens is 2. The molecule has 0 bridgehead atoms. The summed E-state index contributed by atoms with van der Waals surface area (Å²) >= 11 is 0. The maximum Gasteiger partial charge on any atom is 0.331 e. The van der Waals surface area contributed by atoms with Crippen LogP contribution in [0.1, 0.15) is 0 Å². The highest BCUT2D eigenvalue weighted by atomic mass is 16.5. The van der Waals surface area contributed by atoms with Crippen molar-refractivity contribution in [2.24, 2.45) is 0 Å². The number of carbonyl (C=O) groups is 2. The lowest BCUT2D eigenvalue weighted by atomic mass is 10.2. The summed E-state index contributed by atoms with van der Waals surface area (Å²) < 4.78 is 6.04. The van der Waals surface area contributed by atoms with E-state index in [2.05, 4.69) is 15.6 Å². The fourth-order valence-electron chi connectivity index (χ4n) is 1.57. The van der Waals surface area contributed by atoms with Crippen LogP contribution in [0.2, 0.25) is 0 Å². The molecule has 2 N–H and O–H groups in total. The van der Waals surface area contributed by atoms with Crippen molar-refractivity contribution in [2.75, 3.05) is 24.4 Å². The Kier molecular flexibility index (Phi) is 4.46. The first-order chi connectivity index (χ1) is 9.69. The van der Waals surface area contributed by atoms with E-state index >= 15 is 0 Å². The summed E-state index contributed by atoms with van der Waals surface area (Å²) in [6.07, 6.45) is 4.46. The second-order valence-electron chi connectivity index (χ2n) is 3.96. The number of carbonyl (C=O) groups excluding carboxylic acids is 2. The quantitative estimate of drug-likeness (QED) is 0.885. The van der Waals surface area contributed by atoms with Crippen LogP contribution in [0, 0.1) is 0 Å². The molecule has 1 aromatic carbocycles. The van der Waals surface area contributed by atoms with Gasteiger partial charge in [0.1, 0.15) is 12.9 Å². The van der Waals surface area contributed by atoms with Crippen LogP contribution in [0.15, 0.2) is 43.0 Å². The molecule has 0 unspecified atom stereocenters. The van der Waals surface area contributed by atoms with Gasteiger partial charge in [-0.05, 0) is 18.2 Å². The van der Waals surface area contributed by atoms with E-state index < -0.39 is 0 Å². The second-order valence-corrected chi connectivity index (χ2v) is 3.96. The van der Waals surface area contributed by atoms with Gasteiger partial charge < -0.3 is 15.4 Å². The zero-order chi connectivity index (χ0) is 14.4. The zero-order valence-electron chi connectivity index (χ0n) is 10.9. The maximum atomic E-state index is 11.8. The first kappa shape index (κ1) is 13.8. The molecular formula is C13H14N4O3. The normalized spacial score (nSPS) is 10.1. The summed E-state index contributed by atoms with van der Waals surface area (Å²) in [5.74, 6) is -0.259. The van der Waals surface area contributed by atoms with Gasteiger partial charge in [0.2, 0.25) is 5.91 Å². The molecule has 0 saturated heterocycles. The molecule has 1 heterocycles. The van der Waals surface area contributed by atoms with E-state index in [1.807, 2.05) is 0 Å². The second kappa shape index (κ2) is 6.48. The van der Waals surface area contributed by atoms with Crippen molar-refractivity contribution in [1.82, 2.24) is 9.55 Å². The maximum absolute atomic E-state index is 11.8. The lowest BCUT2D eigenvalue weighted by molar-refractivity contribution is -0.119. The van der Waals surface area contributed by atoms with Crippen molar-refractivity contribution in [3.05, 3.63) is 43.0 Å². The molecule has 0 spiro atoms. The van der Waals surface area contributed by atoms with Crippen LogP contribution in [-0.4, -0.2) is 35.2 Å². The summed E-state index contributed by atoms with van der Waals surface area (Å²) in [5.41, 5.74) is 1.15. The molecule has 7 nitrogen and oxygen atoms in total. The molecule has 2 amide bonds. The van der Waals surface area contributed by atoms with E-state index in [0.717, 1.165) is 0 Å². The number of methoxy groups -OCH3 is 1. The lowest BCUT2D eigenvalue weighted by Gasteiger charge is -2.08. The van der Waals surface area contributed by atoms with Gasteiger partial charge in [-0.25, -0.2) is 9.78 Å². The highest BCUT2D eigenvalue weighted by molar-refractivity contribution is 5.94. The number of hydrogen-bond donors (Lipinski definition) is 2. The monoisotopic (exact) mass is 274 g/mol. The Morgan fingerprint density at radius 2 is 2.05 bits per heavy atom. The summed E-state index contributed by atoms with van der Waals surface area (Å²) in [4.78, 5) is 27.0. The number of nitrogens with one attached hydrogen (secondary N) is 2. The minimum absolute atomic E-state index is 0.0222. The summed E-state index contributed by atoms with van der Waals surface area (Å²) in [6, 6.07) is 6.50. The molecule has 2 rings (SSSR count). The van der Waals surface area contributed by atoms with Gasteiger partial charge in [-0.1, -0.05) is 6.07 Å². The Bertz CT molecular complexity index is 595. The van der Waals surface area contributed by atoms with Crippen LogP contribution in [0.25, 0.3) is 0 Å². The summed E-state index contributed by atoms with van der Waals surface area (Å²) in [5, 5.41) is 5.35. The smallest absolute Gasteiger partial charge is 0.331 e. The third kappa shape index (κ3) is 3.66. The fourth-order valence-corrected chi connectivity index (χ4v) is 1.57. The number of hydrogen-bond acceptors (Lipinski definition) is 4. The van der Waals surface area contributed by atoms with Crippen molar-refractivity contribution in [3.63, 3.8) is 0 Å². The first-order valence-electron chi connectivity index (χ1n) is 5.87. The van der Waals surface area contributed by atoms with Gasteiger partial charge in [0.25, 0.3) is 0 Å². The minimum atomic E-state index is -0.331. The third-order valence-electron chi connectivity index (χ3n) is 2.41. The molecule has 0 aliphatic carbocycles. The van der Waals surface area contributed by atoms with E-state index in [0.29, 0.717) is 11.4 Å². The fraction of sp³-hybridized carbons (Fsp3) is 0.154. The lowest BCUT2D eigenvalue weighted by Crippen LogP contribution is -2.19. The summed E-state index contributed by atoms with van der Waals surface area (Å²) in [6.45, 7) is -0.0222. The van der Waals surface area contributed by atoms with Crippen LogP contribution in [0.3, 0.4) is 0 Å². The SMILES string of the molecule is COCC(=O)Nc1cccc(NC(=O)n2ccnc2)c1. The van der Waals surface area contributed by atoms with Gasteiger partial charge >= 0.3 is 6.03 Å². The summed E-state index contributed by atoms with van der Waals surface area (Å²) in [7, 11) is 1.45. The number of benzene rings is 1. The van der Waals surface area contributed by atoms with Crippen LogP contribution in [0.5, 0.6) is 0 Å². The molecule has 0 atom stereocenters. The van der Waals surface area contributed by atoms with E-state index in [9.17, 15) is 9.59 Å². The van der Waals surface area contributed by atoms with Crippen LogP contribution < -0.4 is 10.6 Å². The molecule has 0 aliphatic heterocycles. The van der Waals surface area contributed by atoms with E-state index in [-0.39, 0.29) is 18.5 Å². The molecule has 0 saturated carbocycles. The van der Waals surface area contributed by atoms with Gasteiger partial charge in [0.05, 0.1) is 0 Å². The molecule has 0 fully saturated rings. The van der Waals surface area contributed by atoms with E-state index in [1.54, 1.807) is 30.5 Å². The van der Waals surface area contributed by atoms with Gasteiger partial charge in [-0.15, -0.1) is 0 Å². The Balaban J connectivity index is 2.02. The zero-order valence-corrected chi connectivity index (χ0v) is 10.9. The Labute approximate surface area is 115 Å². The molecule has 0 radical (unpaired) electrons. The third-order valence-corrected chi connectivity index (χ3v) is 2.41. The molecule has 20 heavy (non-hydrogen) atoms. The Morgan fingerprint density at radius 3 is 2.70 bits per heavy atom. The van der Waals surface area contributed by atoms with Gasteiger partial charge in [0.15, 0.2) is 0 Å². The average molecular weight is 274 g/mol. The number of nitrogens with zero attached hydrogens (tertiary/aromatic N) is 2. The van der Waals surface area contributed by atoms with E-state index in [1.165, 1.54) is 24.2 Å². The topological polar surface area (TPSA) is 85.3 Å². The number of imidazole rings is 1. The number of amides is 2.